The van der Waals surface area contributed by atoms with Gasteiger partial charge in [0.2, 0.25) is 5.91 Å². The summed E-state index contributed by atoms with van der Waals surface area (Å²) in [6.07, 6.45) is 6.76. The first-order chi connectivity index (χ1) is 24.7. The zero-order valence-corrected chi connectivity index (χ0v) is 28.6. The minimum atomic E-state index is -0.940. The van der Waals surface area contributed by atoms with Crippen molar-refractivity contribution in [1.82, 2.24) is 30.1 Å². The molecular formula is C36H36F3N9O2S. The summed E-state index contributed by atoms with van der Waals surface area (Å²) in [5.74, 6) is -0.0942. The van der Waals surface area contributed by atoms with Crippen LogP contribution in [0, 0.1) is 28.9 Å². The largest absolute Gasteiger partial charge is 0.461 e. The van der Waals surface area contributed by atoms with Gasteiger partial charge in [-0.1, -0.05) is 0 Å². The number of nitrogens with zero attached hydrogens (tertiary/aromatic N) is 7. The number of fused-ring (bicyclic) bond motifs is 5. The Morgan fingerprint density at radius 2 is 1.96 bits per heavy atom. The van der Waals surface area contributed by atoms with Gasteiger partial charge in [0.25, 0.3) is 0 Å². The summed E-state index contributed by atoms with van der Waals surface area (Å²) in [6.45, 7) is 2.35. The van der Waals surface area contributed by atoms with Gasteiger partial charge in [0.15, 0.2) is 5.82 Å². The van der Waals surface area contributed by atoms with Crippen LogP contribution in [0.5, 0.6) is 6.01 Å². The van der Waals surface area contributed by atoms with Crippen molar-refractivity contribution >= 4 is 49.1 Å². The Morgan fingerprint density at radius 1 is 1.16 bits per heavy atom. The second-order valence-electron chi connectivity index (χ2n) is 15.2. The molecule has 6 atom stereocenters. The van der Waals surface area contributed by atoms with Crippen LogP contribution in [0.1, 0.15) is 50.5 Å². The molecule has 0 radical (unpaired) electrons. The van der Waals surface area contributed by atoms with Crippen molar-refractivity contribution in [2.75, 3.05) is 43.4 Å². The molecule has 264 valence electrons. The fraction of sp³-hybridized carbons (Fsp3) is 0.528. The van der Waals surface area contributed by atoms with E-state index >= 15 is 4.39 Å². The fourth-order valence-electron chi connectivity index (χ4n) is 9.50. The summed E-state index contributed by atoms with van der Waals surface area (Å²) in [6, 6.07) is 4.79. The minimum Gasteiger partial charge on any atom is -0.461 e. The van der Waals surface area contributed by atoms with Crippen molar-refractivity contribution < 1.29 is 22.7 Å². The third-order valence-electron chi connectivity index (χ3n) is 12.1. The average molecular weight is 716 g/mol. The van der Waals surface area contributed by atoms with E-state index in [0.29, 0.717) is 49.2 Å². The van der Waals surface area contributed by atoms with E-state index in [1.807, 2.05) is 6.07 Å². The molecule has 3 N–H and O–H groups in total. The fourth-order valence-corrected chi connectivity index (χ4v) is 10.4. The maximum absolute atomic E-state index is 16.9. The first-order valence-electron chi connectivity index (χ1n) is 17.9. The number of hydrogen-bond donors (Lipinski definition) is 2. The van der Waals surface area contributed by atoms with Crippen LogP contribution >= 0.6 is 11.3 Å². The second-order valence-corrected chi connectivity index (χ2v) is 16.2. The smallest absolute Gasteiger partial charge is 0.319 e. The average Bonchev–Trinajstić information content (AvgIpc) is 4.00. The van der Waals surface area contributed by atoms with Gasteiger partial charge in [-0.3, -0.25) is 20.0 Å². The van der Waals surface area contributed by atoms with E-state index in [-0.39, 0.29) is 74.1 Å². The van der Waals surface area contributed by atoms with Crippen LogP contribution < -0.4 is 20.7 Å². The molecule has 3 aromatic heterocycles. The summed E-state index contributed by atoms with van der Waals surface area (Å²) < 4.78 is 52.9. The van der Waals surface area contributed by atoms with Gasteiger partial charge < -0.3 is 20.3 Å². The van der Waals surface area contributed by atoms with Crippen molar-refractivity contribution in [3.63, 3.8) is 0 Å². The summed E-state index contributed by atoms with van der Waals surface area (Å²) in [7, 11) is 0. The van der Waals surface area contributed by atoms with E-state index in [1.54, 1.807) is 0 Å². The van der Waals surface area contributed by atoms with Crippen LogP contribution in [0.4, 0.5) is 24.0 Å². The number of rotatable bonds is 7. The Bertz CT molecular complexity index is 2160. The van der Waals surface area contributed by atoms with Crippen molar-refractivity contribution in [3.8, 4) is 23.3 Å². The molecule has 8 heterocycles. The van der Waals surface area contributed by atoms with E-state index in [1.165, 1.54) is 31.2 Å². The number of pyridine rings is 1. The lowest BCUT2D eigenvalue weighted by atomic mass is 9.95. The molecule has 1 saturated carbocycles. The number of aromatic nitrogens is 3. The number of nitrogens with one attached hydrogen (secondary N) is 1. The van der Waals surface area contributed by atoms with Crippen LogP contribution in [0.3, 0.4) is 0 Å². The SMILES string of the molecule is N#Cc1c(N)sc2c(F)ccc(-c3ncc4c(N5CC6CC[C@@H](C5)N6C(=O)[C@@H]5N[C@H]5C5CC5)nc(OC[C@@]56CCCN5C[C@H](F)C6)nc4c3F)c12. The lowest BCUT2D eigenvalue weighted by molar-refractivity contribution is -0.134. The number of nitrogens with two attached hydrogens (primary N) is 1. The van der Waals surface area contributed by atoms with Crippen LogP contribution in [0.2, 0.25) is 0 Å². The summed E-state index contributed by atoms with van der Waals surface area (Å²) in [4.78, 5) is 33.9. The third-order valence-corrected chi connectivity index (χ3v) is 13.1. The molecule has 11 nitrogen and oxygen atoms in total. The molecule has 1 amide bonds. The normalized spacial score (nSPS) is 30.0. The molecule has 15 heteroatoms. The number of piperazine rings is 1. The van der Waals surface area contributed by atoms with Crippen molar-refractivity contribution in [1.29, 1.82) is 5.26 Å². The van der Waals surface area contributed by atoms with Gasteiger partial charge in [-0.15, -0.1) is 11.3 Å². The maximum atomic E-state index is 16.9. The number of amides is 1. The summed E-state index contributed by atoms with van der Waals surface area (Å²) >= 11 is 0.931. The Labute approximate surface area is 295 Å². The zero-order chi connectivity index (χ0) is 34.8. The molecule has 1 unspecified atom stereocenters. The molecule has 51 heavy (non-hydrogen) atoms. The number of anilines is 2. The molecule has 6 aliphatic rings. The molecule has 1 aliphatic carbocycles. The molecule has 5 saturated heterocycles. The Morgan fingerprint density at radius 3 is 2.73 bits per heavy atom. The van der Waals surface area contributed by atoms with Gasteiger partial charge in [-0.25, -0.2) is 13.2 Å². The van der Waals surface area contributed by atoms with Crippen LogP contribution in [0.15, 0.2) is 18.3 Å². The quantitative estimate of drug-likeness (QED) is 0.262. The van der Waals surface area contributed by atoms with Crippen molar-refractivity contribution in [2.24, 2.45) is 5.92 Å². The number of nitrogen functional groups attached to an aromatic ring is 1. The summed E-state index contributed by atoms with van der Waals surface area (Å²) in [5.41, 5.74) is 5.76. The Kier molecular flexibility index (Phi) is 7.02. The van der Waals surface area contributed by atoms with Gasteiger partial charge in [-0.05, 0) is 63.1 Å². The summed E-state index contributed by atoms with van der Waals surface area (Å²) in [5, 5.41) is 14.0. The predicted octanol–water partition coefficient (Wildman–Crippen LogP) is 4.52. The first kappa shape index (κ1) is 31.5. The van der Waals surface area contributed by atoms with Crippen LogP contribution in [-0.2, 0) is 4.79 Å². The molecule has 1 aromatic carbocycles. The van der Waals surface area contributed by atoms with Gasteiger partial charge in [0, 0.05) is 61.3 Å². The number of benzene rings is 1. The minimum absolute atomic E-state index is 0.0168. The van der Waals surface area contributed by atoms with E-state index in [4.69, 9.17) is 15.5 Å². The number of nitriles is 1. The van der Waals surface area contributed by atoms with Gasteiger partial charge >= 0.3 is 6.01 Å². The standard InChI is InChI=1S/C36H36F3N9O2S/c37-18-10-36(8-1-9-47(36)13-18)16-50-35-44-29-23(12-42-28(26(29)39)21-6-7-24(38)31-25(21)22(11-40)32(41)51-31)33(45-35)46-14-19-4-5-20(15-46)48(19)34(49)30-27(43-30)17-2-3-17/h6-7,12,17-20,27,30,43H,1-5,8-10,13-16,41H2/t18-,19+,20?,27+,30-,36+/m1/s1. The van der Waals surface area contributed by atoms with Crippen LogP contribution in [-0.4, -0.2) is 99.3 Å². The highest BCUT2D eigenvalue weighted by Gasteiger charge is 2.55. The highest BCUT2D eigenvalue weighted by molar-refractivity contribution is 7.23. The highest BCUT2D eigenvalue weighted by atomic mass is 32.1. The zero-order valence-electron chi connectivity index (χ0n) is 27.7. The molecular weight excluding hydrogens is 680 g/mol. The Balaban J connectivity index is 1.04. The first-order valence-corrected chi connectivity index (χ1v) is 18.7. The lowest BCUT2D eigenvalue weighted by Crippen LogP contribution is -2.57. The number of ether oxygens (including phenoxy) is 1. The van der Waals surface area contributed by atoms with Crippen molar-refractivity contribution in [3.05, 3.63) is 35.5 Å². The van der Waals surface area contributed by atoms with Gasteiger partial charge in [0.1, 0.15) is 52.7 Å². The maximum Gasteiger partial charge on any atom is 0.319 e. The van der Waals surface area contributed by atoms with Crippen LogP contribution in [0.25, 0.3) is 32.2 Å². The molecule has 6 fully saturated rings. The van der Waals surface area contributed by atoms with E-state index < -0.39 is 23.3 Å². The van der Waals surface area contributed by atoms with Gasteiger partial charge in [0.05, 0.1) is 21.2 Å². The predicted molar refractivity (Wildman–Crippen MR) is 185 cm³/mol. The number of thiophene rings is 1. The monoisotopic (exact) mass is 715 g/mol. The molecule has 10 rings (SSSR count). The number of hydrogen-bond acceptors (Lipinski definition) is 11. The molecule has 0 spiro atoms. The lowest BCUT2D eigenvalue weighted by Gasteiger charge is -2.42. The number of carbonyl (C=O) groups is 1. The second kappa shape index (κ2) is 11.4. The number of carbonyl (C=O) groups excluding carboxylic acids is 1. The highest BCUT2D eigenvalue weighted by Crippen LogP contribution is 2.45. The third kappa shape index (κ3) is 4.89. The number of alkyl halides is 1. The van der Waals surface area contributed by atoms with E-state index in [9.17, 15) is 18.8 Å². The number of halogens is 3. The molecule has 5 aliphatic heterocycles. The topological polar surface area (TPSA) is 146 Å². The van der Waals surface area contributed by atoms with E-state index in [0.717, 1.165) is 43.6 Å². The molecule has 4 aromatic rings. The van der Waals surface area contributed by atoms with Crippen molar-refractivity contribution in [2.45, 2.75) is 80.8 Å². The van der Waals surface area contributed by atoms with Gasteiger partial charge in [-0.2, -0.15) is 15.2 Å². The molecule has 2 bridgehead atoms. The Hall–Kier alpha value is -4.26. The van der Waals surface area contributed by atoms with E-state index in [2.05, 4.69) is 30.0 Å².